The van der Waals surface area contributed by atoms with Crippen molar-refractivity contribution in [1.82, 2.24) is 19.7 Å². The van der Waals surface area contributed by atoms with Gasteiger partial charge in [0.25, 0.3) is 0 Å². The molecular weight excluding hydrogens is 253 g/mol. The number of H-pyrrole nitrogens is 1. The lowest BCUT2D eigenvalue weighted by Gasteiger charge is -2.07. The minimum absolute atomic E-state index is 0.0713. The van der Waals surface area contributed by atoms with E-state index < -0.39 is 12.0 Å². The Balaban J connectivity index is 2.29. The number of hydrogen-bond donors (Lipinski definition) is 1. The number of hydrogen-bond acceptors (Lipinski definition) is 3. The Hall–Kier alpha value is -1.44. The van der Waals surface area contributed by atoms with Crippen LogP contribution in [0.1, 0.15) is 24.7 Å². The summed E-state index contributed by atoms with van der Waals surface area (Å²) in [6.45, 7) is 0. The molecule has 90 valence electrons. The Morgan fingerprint density at radius 3 is 2.71 bits per heavy atom. The zero-order chi connectivity index (χ0) is 12.2. The highest BCUT2D eigenvalue weighted by Crippen LogP contribution is 2.36. The van der Waals surface area contributed by atoms with Gasteiger partial charge in [0.15, 0.2) is 0 Å². The predicted molar refractivity (Wildman–Crippen MR) is 56.0 cm³/mol. The SMILES string of the molecule is FC(F)(F)c1nc(=S)c2cnn(C3CC3)c2[nH]1. The molecule has 1 aliphatic carbocycles. The van der Waals surface area contributed by atoms with Gasteiger partial charge >= 0.3 is 6.18 Å². The maximum Gasteiger partial charge on any atom is 0.449 e. The number of aromatic nitrogens is 4. The van der Waals surface area contributed by atoms with Gasteiger partial charge in [0.1, 0.15) is 10.3 Å². The number of nitrogens with zero attached hydrogens (tertiary/aromatic N) is 3. The molecule has 8 heteroatoms. The molecule has 0 spiro atoms. The van der Waals surface area contributed by atoms with Crippen molar-refractivity contribution in [3.63, 3.8) is 0 Å². The van der Waals surface area contributed by atoms with Crippen LogP contribution in [0.2, 0.25) is 0 Å². The number of alkyl halides is 3. The fourth-order valence-corrected chi connectivity index (χ4v) is 1.92. The van der Waals surface area contributed by atoms with Gasteiger partial charge in [0.05, 0.1) is 17.6 Å². The Morgan fingerprint density at radius 2 is 2.12 bits per heavy atom. The minimum Gasteiger partial charge on any atom is -0.320 e. The number of aromatic amines is 1. The summed E-state index contributed by atoms with van der Waals surface area (Å²) in [5.41, 5.74) is 0.305. The van der Waals surface area contributed by atoms with Gasteiger partial charge in [0.2, 0.25) is 5.82 Å². The monoisotopic (exact) mass is 260 g/mol. The van der Waals surface area contributed by atoms with Crippen molar-refractivity contribution in [3.8, 4) is 0 Å². The molecule has 1 N–H and O–H groups in total. The molecule has 0 unspecified atom stereocenters. The third kappa shape index (κ3) is 1.72. The molecule has 1 fully saturated rings. The molecule has 0 saturated heterocycles. The number of fused-ring (bicyclic) bond motifs is 1. The van der Waals surface area contributed by atoms with Crippen molar-refractivity contribution in [3.05, 3.63) is 16.7 Å². The summed E-state index contributed by atoms with van der Waals surface area (Å²) in [6, 6.07) is 0.182. The highest BCUT2D eigenvalue weighted by Gasteiger charge is 2.35. The van der Waals surface area contributed by atoms with Gasteiger partial charge in [0, 0.05) is 0 Å². The molecule has 1 aliphatic rings. The standard InChI is InChI=1S/C9H7F3N4S/c10-9(11,12)8-14-6-5(7(17)15-8)3-13-16(6)4-1-2-4/h3-4H,1-2H2,(H,14,15,17). The summed E-state index contributed by atoms with van der Waals surface area (Å²) in [4.78, 5) is 5.62. The van der Waals surface area contributed by atoms with Crippen molar-refractivity contribution < 1.29 is 13.2 Å². The first-order valence-electron chi connectivity index (χ1n) is 5.01. The molecule has 2 aromatic rings. The van der Waals surface area contributed by atoms with Crippen LogP contribution in [0.5, 0.6) is 0 Å². The minimum atomic E-state index is -4.53. The second-order valence-corrected chi connectivity index (χ2v) is 4.36. The van der Waals surface area contributed by atoms with E-state index in [2.05, 4.69) is 15.1 Å². The molecule has 1 saturated carbocycles. The molecule has 2 aromatic heterocycles. The van der Waals surface area contributed by atoms with Gasteiger partial charge in [-0.25, -0.2) is 9.67 Å². The third-order valence-electron chi connectivity index (χ3n) is 2.64. The Morgan fingerprint density at radius 1 is 1.41 bits per heavy atom. The van der Waals surface area contributed by atoms with E-state index in [1.165, 1.54) is 6.20 Å². The van der Waals surface area contributed by atoms with E-state index in [9.17, 15) is 13.2 Å². The second-order valence-electron chi connectivity index (χ2n) is 3.97. The van der Waals surface area contributed by atoms with Crippen LogP contribution in [0.3, 0.4) is 0 Å². The van der Waals surface area contributed by atoms with Gasteiger partial charge in [-0.15, -0.1) is 0 Å². The topological polar surface area (TPSA) is 46.5 Å². The summed E-state index contributed by atoms with van der Waals surface area (Å²) >= 11 is 4.85. The van der Waals surface area contributed by atoms with Gasteiger partial charge in [-0.2, -0.15) is 18.3 Å². The van der Waals surface area contributed by atoms with Gasteiger partial charge in [-0.05, 0) is 12.8 Å². The zero-order valence-corrected chi connectivity index (χ0v) is 9.27. The van der Waals surface area contributed by atoms with E-state index in [1.807, 2.05) is 0 Å². The molecular formula is C9H7F3N4S. The van der Waals surface area contributed by atoms with E-state index >= 15 is 0 Å². The average molecular weight is 260 g/mol. The smallest absolute Gasteiger partial charge is 0.320 e. The molecule has 0 aromatic carbocycles. The molecule has 17 heavy (non-hydrogen) atoms. The van der Waals surface area contributed by atoms with Crippen LogP contribution < -0.4 is 0 Å². The molecule has 0 amide bonds. The first-order valence-corrected chi connectivity index (χ1v) is 5.42. The Labute approximate surface area is 98.5 Å². The predicted octanol–water partition coefficient (Wildman–Crippen LogP) is 2.84. The van der Waals surface area contributed by atoms with Crippen LogP contribution in [0.15, 0.2) is 6.20 Å². The maximum atomic E-state index is 12.6. The molecule has 0 radical (unpaired) electrons. The molecule has 3 rings (SSSR count). The maximum absolute atomic E-state index is 12.6. The van der Waals surface area contributed by atoms with Crippen LogP contribution >= 0.6 is 12.2 Å². The summed E-state index contributed by atoms with van der Waals surface area (Å²) in [7, 11) is 0. The fraction of sp³-hybridized carbons (Fsp3) is 0.444. The quantitative estimate of drug-likeness (QED) is 0.802. The molecule has 2 heterocycles. The first kappa shape index (κ1) is 10.7. The van der Waals surface area contributed by atoms with Gasteiger partial charge in [-0.1, -0.05) is 12.2 Å². The van der Waals surface area contributed by atoms with E-state index in [-0.39, 0.29) is 10.7 Å². The van der Waals surface area contributed by atoms with E-state index in [4.69, 9.17) is 12.2 Å². The second kappa shape index (κ2) is 3.28. The summed E-state index contributed by atoms with van der Waals surface area (Å²) < 4.78 is 39.2. The first-order chi connectivity index (χ1) is 7.97. The largest absolute Gasteiger partial charge is 0.449 e. The fourth-order valence-electron chi connectivity index (χ4n) is 1.68. The van der Waals surface area contributed by atoms with E-state index in [0.29, 0.717) is 11.0 Å². The molecule has 0 aliphatic heterocycles. The van der Waals surface area contributed by atoms with Crippen molar-refractivity contribution in [2.24, 2.45) is 0 Å². The van der Waals surface area contributed by atoms with Gasteiger partial charge < -0.3 is 4.98 Å². The van der Waals surface area contributed by atoms with Crippen molar-refractivity contribution in [1.29, 1.82) is 0 Å². The lowest BCUT2D eigenvalue weighted by Crippen LogP contribution is -2.12. The number of halogens is 3. The summed E-state index contributed by atoms with van der Waals surface area (Å²) in [6.07, 6.45) is -1.21. The van der Waals surface area contributed by atoms with Crippen LogP contribution in [-0.2, 0) is 6.18 Å². The Kier molecular flexibility index (Phi) is 2.07. The van der Waals surface area contributed by atoms with Crippen molar-refractivity contribution in [2.75, 3.05) is 0 Å². The van der Waals surface area contributed by atoms with Crippen LogP contribution in [-0.4, -0.2) is 19.7 Å². The van der Waals surface area contributed by atoms with Crippen molar-refractivity contribution in [2.45, 2.75) is 25.1 Å². The molecule has 0 atom stereocenters. The highest BCUT2D eigenvalue weighted by molar-refractivity contribution is 7.71. The van der Waals surface area contributed by atoms with Gasteiger partial charge in [-0.3, -0.25) is 0 Å². The average Bonchev–Trinajstić information content (AvgIpc) is 2.97. The Bertz CT molecular complexity index is 638. The number of nitrogens with one attached hydrogen (secondary N) is 1. The van der Waals surface area contributed by atoms with E-state index in [1.54, 1.807) is 4.68 Å². The molecule has 0 bridgehead atoms. The summed E-state index contributed by atoms with van der Waals surface area (Å²) in [5.74, 6) is -1.07. The number of rotatable bonds is 1. The van der Waals surface area contributed by atoms with Crippen LogP contribution in [0, 0.1) is 4.64 Å². The normalized spacial score (nSPS) is 16.6. The highest BCUT2D eigenvalue weighted by atomic mass is 32.1. The van der Waals surface area contributed by atoms with Crippen LogP contribution in [0.4, 0.5) is 13.2 Å². The zero-order valence-electron chi connectivity index (χ0n) is 8.45. The van der Waals surface area contributed by atoms with Crippen LogP contribution in [0.25, 0.3) is 11.0 Å². The lowest BCUT2D eigenvalue weighted by atomic mass is 10.4. The molecule has 4 nitrogen and oxygen atoms in total. The van der Waals surface area contributed by atoms with E-state index in [0.717, 1.165) is 12.8 Å². The summed E-state index contributed by atoms with van der Waals surface area (Å²) in [5, 5.41) is 4.51. The van der Waals surface area contributed by atoms with Crippen molar-refractivity contribution >= 4 is 23.3 Å². The lowest BCUT2D eigenvalue weighted by molar-refractivity contribution is -0.144. The third-order valence-corrected chi connectivity index (χ3v) is 2.95.